The van der Waals surface area contributed by atoms with Crippen molar-refractivity contribution in [3.63, 3.8) is 0 Å². The summed E-state index contributed by atoms with van der Waals surface area (Å²) in [6.07, 6.45) is 6.93. The van der Waals surface area contributed by atoms with Crippen LogP contribution in [0.2, 0.25) is 0 Å². The van der Waals surface area contributed by atoms with Crippen molar-refractivity contribution < 1.29 is 4.79 Å². The Kier molecular flexibility index (Phi) is 6.92. The molecule has 4 heterocycles. The van der Waals surface area contributed by atoms with E-state index >= 15 is 0 Å². The first-order valence-corrected chi connectivity index (χ1v) is 12.7. The monoisotopic (exact) mass is 499 g/mol. The predicted octanol–water partition coefficient (Wildman–Crippen LogP) is 4.71. The highest BCUT2D eigenvalue weighted by molar-refractivity contribution is 7.98. The third-order valence-corrected chi connectivity index (χ3v) is 7.19. The van der Waals surface area contributed by atoms with Gasteiger partial charge < -0.3 is 5.32 Å². The number of thiazole rings is 1. The van der Waals surface area contributed by atoms with E-state index in [1.54, 1.807) is 30.2 Å². The summed E-state index contributed by atoms with van der Waals surface area (Å²) in [5.74, 6) is 1.10. The number of carbonyl (C=O) groups is 1. The number of hydrogen-bond acceptors (Lipinski definition) is 8. The Hall–Kier alpha value is -3.89. The second-order valence-corrected chi connectivity index (χ2v) is 9.51. The van der Waals surface area contributed by atoms with Gasteiger partial charge in [-0.05, 0) is 48.4 Å². The van der Waals surface area contributed by atoms with E-state index in [1.165, 1.54) is 23.1 Å². The third-order valence-electron chi connectivity index (χ3n) is 5.22. The van der Waals surface area contributed by atoms with E-state index in [9.17, 15) is 4.79 Å². The first kappa shape index (κ1) is 22.9. The molecule has 0 bridgehead atoms. The molecule has 1 N–H and O–H groups in total. The molecule has 8 nitrogen and oxygen atoms in total. The number of nitrogens with zero attached hydrogens (tertiary/aromatic N) is 6. The molecule has 4 aromatic heterocycles. The molecule has 5 rings (SSSR count). The Morgan fingerprint density at radius 2 is 1.89 bits per heavy atom. The summed E-state index contributed by atoms with van der Waals surface area (Å²) < 4.78 is 2.05. The number of aromatic nitrogens is 6. The van der Waals surface area contributed by atoms with Gasteiger partial charge in [0.1, 0.15) is 10.7 Å². The van der Waals surface area contributed by atoms with Crippen LogP contribution in [0.5, 0.6) is 0 Å². The molecule has 1 amide bonds. The summed E-state index contributed by atoms with van der Waals surface area (Å²) in [5, 5.41) is 15.2. The van der Waals surface area contributed by atoms with Crippen LogP contribution in [-0.2, 0) is 12.3 Å². The average molecular weight is 500 g/mol. The van der Waals surface area contributed by atoms with Gasteiger partial charge in [-0.3, -0.25) is 19.3 Å². The number of rotatable bonds is 8. The topological polar surface area (TPSA) is 98.5 Å². The molecule has 0 saturated heterocycles. The van der Waals surface area contributed by atoms with Crippen molar-refractivity contribution in [1.82, 2.24) is 35.0 Å². The maximum absolute atomic E-state index is 12.5. The molecule has 0 aliphatic rings. The van der Waals surface area contributed by atoms with Gasteiger partial charge in [-0.15, -0.1) is 21.5 Å². The van der Waals surface area contributed by atoms with Crippen LogP contribution >= 0.6 is 23.1 Å². The predicted molar refractivity (Wildman–Crippen MR) is 136 cm³/mol. The van der Waals surface area contributed by atoms with E-state index in [4.69, 9.17) is 0 Å². The lowest BCUT2D eigenvalue weighted by molar-refractivity contribution is 0.0946. The Bertz CT molecular complexity index is 1430. The maximum Gasteiger partial charge on any atom is 0.271 e. The first-order valence-electron chi connectivity index (χ1n) is 10.8. The standard InChI is InChI=1S/C25H21N7OS2/c1-17-5-2-3-7-21(17)32-23(19-6-4-10-27-14-19)30-31-25(32)35-16-22-29-20(15-34-22)24(33)28-13-18-8-11-26-12-9-18/h2-12,14-15H,13,16H2,1H3,(H,28,33). The van der Waals surface area contributed by atoms with Crippen molar-refractivity contribution in [2.45, 2.75) is 24.4 Å². The smallest absolute Gasteiger partial charge is 0.271 e. The van der Waals surface area contributed by atoms with E-state index in [2.05, 4.69) is 49.5 Å². The van der Waals surface area contributed by atoms with E-state index < -0.39 is 0 Å². The number of hydrogen-bond donors (Lipinski definition) is 1. The summed E-state index contributed by atoms with van der Waals surface area (Å²) in [7, 11) is 0. The van der Waals surface area contributed by atoms with Gasteiger partial charge in [0.15, 0.2) is 11.0 Å². The van der Waals surface area contributed by atoms with Crippen LogP contribution in [0.25, 0.3) is 17.1 Å². The van der Waals surface area contributed by atoms with Crippen LogP contribution in [0.1, 0.15) is 26.6 Å². The molecule has 1 aromatic carbocycles. The minimum absolute atomic E-state index is 0.198. The van der Waals surface area contributed by atoms with Crippen LogP contribution in [0.3, 0.4) is 0 Å². The molecule has 0 unspecified atom stereocenters. The second kappa shape index (κ2) is 10.6. The molecule has 0 radical (unpaired) electrons. The average Bonchev–Trinajstić information content (AvgIpc) is 3.55. The quantitative estimate of drug-likeness (QED) is 0.309. The number of benzene rings is 1. The Balaban J connectivity index is 1.33. The van der Waals surface area contributed by atoms with Crippen molar-refractivity contribution >= 4 is 29.0 Å². The van der Waals surface area contributed by atoms with Gasteiger partial charge in [0, 0.05) is 42.3 Å². The molecular weight excluding hydrogens is 478 g/mol. The van der Waals surface area contributed by atoms with Crippen molar-refractivity contribution in [1.29, 1.82) is 0 Å². The molecule has 0 aliphatic heterocycles. The van der Waals surface area contributed by atoms with Crippen molar-refractivity contribution in [2.24, 2.45) is 0 Å². The van der Waals surface area contributed by atoms with Gasteiger partial charge in [-0.25, -0.2) is 4.98 Å². The fraction of sp³-hybridized carbons (Fsp3) is 0.120. The molecule has 0 atom stereocenters. The highest BCUT2D eigenvalue weighted by Gasteiger charge is 2.18. The molecule has 5 aromatic rings. The van der Waals surface area contributed by atoms with Gasteiger partial charge >= 0.3 is 0 Å². The number of nitrogens with one attached hydrogen (secondary N) is 1. The molecule has 10 heteroatoms. The summed E-state index contributed by atoms with van der Waals surface area (Å²) in [5.41, 5.74) is 4.41. The van der Waals surface area contributed by atoms with E-state index in [0.717, 1.165) is 38.4 Å². The Labute approximate surface area is 210 Å². The van der Waals surface area contributed by atoms with Crippen molar-refractivity contribution in [3.8, 4) is 17.1 Å². The van der Waals surface area contributed by atoms with E-state index in [1.807, 2.05) is 41.0 Å². The lowest BCUT2D eigenvalue weighted by atomic mass is 10.2. The highest BCUT2D eigenvalue weighted by atomic mass is 32.2. The highest BCUT2D eigenvalue weighted by Crippen LogP contribution is 2.31. The third kappa shape index (κ3) is 5.28. The molecule has 35 heavy (non-hydrogen) atoms. The summed E-state index contributed by atoms with van der Waals surface area (Å²) >= 11 is 2.99. The molecule has 0 saturated carbocycles. The number of pyridine rings is 2. The normalized spacial score (nSPS) is 10.9. The van der Waals surface area contributed by atoms with Crippen LogP contribution in [0, 0.1) is 6.92 Å². The lowest BCUT2D eigenvalue weighted by Gasteiger charge is -2.12. The molecular formula is C25H21N7OS2. The summed E-state index contributed by atoms with van der Waals surface area (Å²) in [6, 6.07) is 15.7. The number of amides is 1. The van der Waals surface area contributed by atoms with Crippen LogP contribution < -0.4 is 5.32 Å². The summed E-state index contributed by atoms with van der Waals surface area (Å²) in [6.45, 7) is 2.49. The zero-order valence-corrected chi connectivity index (χ0v) is 20.5. The first-order chi connectivity index (χ1) is 17.2. The van der Waals surface area contributed by atoms with Crippen LogP contribution in [0.15, 0.2) is 83.9 Å². The van der Waals surface area contributed by atoms with Gasteiger partial charge in [-0.2, -0.15) is 0 Å². The maximum atomic E-state index is 12.5. The fourth-order valence-corrected chi connectivity index (χ4v) is 5.20. The zero-order chi connectivity index (χ0) is 24.0. The van der Waals surface area contributed by atoms with Crippen molar-refractivity contribution in [3.05, 3.63) is 101 Å². The van der Waals surface area contributed by atoms with Crippen LogP contribution in [0.4, 0.5) is 0 Å². The fourth-order valence-electron chi connectivity index (χ4n) is 3.46. The molecule has 174 valence electrons. The Morgan fingerprint density at radius 3 is 2.69 bits per heavy atom. The van der Waals surface area contributed by atoms with Crippen molar-refractivity contribution in [2.75, 3.05) is 0 Å². The van der Waals surface area contributed by atoms with Gasteiger partial charge in [0.2, 0.25) is 0 Å². The van der Waals surface area contributed by atoms with E-state index in [-0.39, 0.29) is 5.91 Å². The minimum Gasteiger partial charge on any atom is -0.347 e. The molecule has 0 aliphatic carbocycles. The minimum atomic E-state index is -0.198. The zero-order valence-electron chi connectivity index (χ0n) is 18.8. The molecule has 0 fully saturated rings. The van der Waals surface area contributed by atoms with Gasteiger partial charge in [0.25, 0.3) is 5.91 Å². The van der Waals surface area contributed by atoms with E-state index in [0.29, 0.717) is 18.0 Å². The molecule has 0 spiro atoms. The van der Waals surface area contributed by atoms with Crippen LogP contribution in [-0.4, -0.2) is 35.6 Å². The lowest BCUT2D eigenvalue weighted by Crippen LogP contribution is -2.23. The van der Waals surface area contributed by atoms with Gasteiger partial charge in [0.05, 0.1) is 11.4 Å². The number of aryl methyl sites for hydroxylation is 1. The summed E-state index contributed by atoms with van der Waals surface area (Å²) in [4.78, 5) is 25.3. The Morgan fingerprint density at radius 1 is 1.03 bits per heavy atom. The van der Waals surface area contributed by atoms with Gasteiger partial charge in [-0.1, -0.05) is 30.0 Å². The SMILES string of the molecule is Cc1ccccc1-n1c(SCc2nc(C(=O)NCc3ccncc3)cs2)nnc1-c1cccnc1. The number of thioether (sulfide) groups is 1. The number of carbonyl (C=O) groups excluding carboxylic acids is 1. The number of para-hydroxylation sites is 1. The largest absolute Gasteiger partial charge is 0.347 e. The second-order valence-electron chi connectivity index (χ2n) is 7.62.